The molecule has 1 aromatic heterocycles. The number of amides is 1. The lowest BCUT2D eigenvalue weighted by Gasteiger charge is -2.40. The highest BCUT2D eigenvalue weighted by atomic mass is 79.9. The third kappa shape index (κ3) is 4.49. The van der Waals surface area contributed by atoms with Gasteiger partial charge in [0.05, 0.1) is 9.35 Å². The van der Waals surface area contributed by atoms with Gasteiger partial charge in [0.25, 0.3) is 15.9 Å². The Hall–Kier alpha value is -1.67. The lowest BCUT2D eigenvalue weighted by molar-refractivity contribution is -0.137. The van der Waals surface area contributed by atoms with Crippen molar-refractivity contribution in [2.75, 3.05) is 24.5 Å². The molecule has 164 valence electrons. The van der Waals surface area contributed by atoms with Crippen molar-refractivity contribution in [3.63, 3.8) is 0 Å². The van der Waals surface area contributed by atoms with Gasteiger partial charge in [0.2, 0.25) is 0 Å². The quantitative estimate of drug-likeness (QED) is 0.362. The zero-order chi connectivity index (χ0) is 22.3. The summed E-state index contributed by atoms with van der Waals surface area (Å²) in [6.07, 6.45) is -4.70. The Labute approximate surface area is 183 Å². The Morgan fingerprint density at radius 3 is 2.50 bits per heavy atom. The minimum absolute atomic E-state index is 0.0291. The molecule has 1 aliphatic heterocycles. The summed E-state index contributed by atoms with van der Waals surface area (Å²) in [6.45, 7) is 1.82. The van der Waals surface area contributed by atoms with Gasteiger partial charge in [0.15, 0.2) is 0 Å². The van der Waals surface area contributed by atoms with Gasteiger partial charge in [-0.15, -0.1) is 11.3 Å². The number of benzene rings is 1. The topological polar surface area (TPSA) is 95.7 Å². The maximum absolute atomic E-state index is 13.6. The molecule has 1 aliphatic rings. The summed E-state index contributed by atoms with van der Waals surface area (Å²) >= 11 is 4.31. The summed E-state index contributed by atoms with van der Waals surface area (Å²) in [5, 5.41) is 0. The van der Waals surface area contributed by atoms with Gasteiger partial charge in [-0.3, -0.25) is 10.2 Å². The maximum Gasteiger partial charge on any atom is 0.418 e. The van der Waals surface area contributed by atoms with Crippen molar-refractivity contribution in [1.29, 1.82) is 0 Å². The summed E-state index contributed by atoms with van der Waals surface area (Å²) < 4.78 is 68.8. The summed E-state index contributed by atoms with van der Waals surface area (Å²) in [5.74, 6) is 4.18. The third-order valence-electron chi connectivity index (χ3n) is 4.71. The van der Waals surface area contributed by atoms with Crippen LogP contribution in [0.5, 0.6) is 0 Å². The molecule has 7 nitrogen and oxygen atoms in total. The number of piperazine rings is 1. The molecule has 13 heteroatoms. The van der Waals surface area contributed by atoms with Crippen LogP contribution in [0, 0.1) is 0 Å². The zero-order valence-corrected chi connectivity index (χ0v) is 18.8. The molecule has 0 bridgehead atoms. The molecule has 2 heterocycles. The second-order valence-corrected chi connectivity index (χ2v) is 11.3. The van der Waals surface area contributed by atoms with Crippen LogP contribution in [0.2, 0.25) is 0 Å². The predicted octanol–water partition coefficient (Wildman–Crippen LogP) is 3.03. The number of nitrogens with zero attached hydrogens (tertiary/aromatic N) is 2. The van der Waals surface area contributed by atoms with Crippen molar-refractivity contribution in [2.45, 2.75) is 23.4 Å². The van der Waals surface area contributed by atoms with Gasteiger partial charge < -0.3 is 4.90 Å². The van der Waals surface area contributed by atoms with Gasteiger partial charge in [0, 0.05) is 36.9 Å². The van der Waals surface area contributed by atoms with E-state index in [2.05, 4.69) is 15.9 Å². The smallest absolute Gasteiger partial charge is 0.368 e. The number of anilines is 1. The highest BCUT2D eigenvalue weighted by Gasteiger charge is 2.39. The van der Waals surface area contributed by atoms with E-state index in [9.17, 15) is 26.4 Å². The maximum atomic E-state index is 13.6. The molecule has 1 fully saturated rings. The minimum atomic E-state index is -4.70. The molecule has 0 spiro atoms. The first-order chi connectivity index (χ1) is 13.9. The van der Waals surface area contributed by atoms with E-state index in [4.69, 9.17) is 5.84 Å². The first-order valence-electron chi connectivity index (χ1n) is 8.69. The second kappa shape index (κ2) is 8.46. The molecule has 3 rings (SSSR count). The average Bonchev–Trinajstić information content (AvgIpc) is 3.13. The van der Waals surface area contributed by atoms with Crippen LogP contribution in [0.4, 0.5) is 18.9 Å². The van der Waals surface area contributed by atoms with E-state index < -0.39 is 33.7 Å². The van der Waals surface area contributed by atoms with Crippen LogP contribution in [0.15, 0.2) is 38.3 Å². The first kappa shape index (κ1) is 23.0. The van der Waals surface area contributed by atoms with Crippen LogP contribution in [-0.4, -0.2) is 44.3 Å². The molecule has 0 aliphatic carbocycles. The van der Waals surface area contributed by atoms with Gasteiger partial charge >= 0.3 is 6.18 Å². The van der Waals surface area contributed by atoms with Crippen LogP contribution in [0.25, 0.3) is 0 Å². The van der Waals surface area contributed by atoms with Gasteiger partial charge in [-0.1, -0.05) is 0 Å². The molecule has 2 aromatic rings. The molecule has 3 N–H and O–H groups in total. The number of nitrogens with one attached hydrogen (secondary N) is 1. The van der Waals surface area contributed by atoms with Crippen molar-refractivity contribution in [2.24, 2.45) is 5.84 Å². The Balaban J connectivity index is 1.89. The molecule has 1 amide bonds. The highest BCUT2D eigenvalue weighted by Crippen LogP contribution is 2.38. The molecule has 0 saturated carbocycles. The number of sulfonamides is 1. The van der Waals surface area contributed by atoms with Crippen molar-refractivity contribution in [3.8, 4) is 0 Å². The standard InChI is InChI=1S/C17H18BrF3N4O3S2/c1-10-9-24(6-7-25(10)30(27,28)15-5-4-14(18)29-15)13-3-2-11(16(26)23-22)8-12(13)17(19,20)21/h2-5,8,10H,6-7,9,22H2,1H3,(H,23,26)/t10-/m1/s1. The number of hydrogen-bond acceptors (Lipinski definition) is 6. The zero-order valence-electron chi connectivity index (χ0n) is 15.6. The summed E-state index contributed by atoms with van der Waals surface area (Å²) in [7, 11) is -3.75. The molecular weight excluding hydrogens is 509 g/mol. The van der Waals surface area contributed by atoms with Crippen LogP contribution in [-0.2, 0) is 16.2 Å². The Bertz CT molecular complexity index is 1060. The lowest BCUT2D eigenvalue weighted by atomic mass is 10.0. The fourth-order valence-electron chi connectivity index (χ4n) is 3.33. The molecule has 0 unspecified atom stereocenters. The number of nitrogens with two attached hydrogens (primary N) is 1. The number of halogens is 4. The number of carbonyl (C=O) groups is 1. The van der Waals surface area contributed by atoms with Gasteiger partial charge in [0.1, 0.15) is 4.21 Å². The van der Waals surface area contributed by atoms with Gasteiger partial charge in [-0.2, -0.15) is 17.5 Å². The van der Waals surface area contributed by atoms with E-state index in [1.807, 2.05) is 5.43 Å². The highest BCUT2D eigenvalue weighted by molar-refractivity contribution is 9.11. The lowest BCUT2D eigenvalue weighted by Crippen LogP contribution is -2.54. The number of rotatable bonds is 4. The monoisotopic (exact) mass is 526 g/mol. The molecule has 0 radical (unpaired) electrons. The van der Waals surface area contributed by atoms with E-state index in [0.29, 0.717) is 3.79 Å². The fourth-order valence-corrected chi connectivity index (χ4v) is 7.08. The number of nitrogen functional groups attached to an aromatic ring is 1. The average molecular weight is 527 g/mol. The molecular formula is C17H18BrF3N4O3S2. The summed E-state index contributed by atoms with van der Waals surface area (Å²) in [5.41, 5.74) is 0.504. The SMILES string of the molecule is C[C@@H]1CN(c2ccc(C(=O)NN)cc2C(F)(F)F)CCN1S(=O)(=O)c1ccc(Br)s1. The minimum Gasteiger partial charge on any atom is -0.368 e. The number of thiophene rings is 1. The van der Waals surface area contributed by atoms with E-state index in [1.54, 1.807) is 13.0 Å². The van der Waals surface area contributed by atoms with Gasteiger partial charge in [-0.05, 0) is 53.2 Å². The van der Waals surface area contributed by atoms with E-state index in [0.717, 1.165) is 17.4 Å². The summed E-state index contributed by atoms with van der Waals surface area (Å²) in [4.78, 5) is 13.1. The Morgan fingerprint density at radius 2 is 1.97 bits per heavy atom. The van der Waals surface area contributed by atoms with E-state index in [1.165, 1.54) is 27.4 Å². The normalized spacial score (nSPS) is 18.5. The largest absolute Gasteiger partial charge is 0.418 e. The van der Waals surface area contributed by atoms with Crippen LogP contribution in [0.3, 0.4) is 0 Å². The molecule has 1 atom stereocenters. The van der Waals surface area contributed by atoms with Crippen LogP contribution < -0.4 is 16.2 Å². The second-order valence-electron chi connectivity index (χ2n) is 6.67. The first-order valence-corrected chi connectivity index (χ1v) is 11.7. The van der Waals surface area contributed by atoms with Crippen LogP contribution in [0.1, 0.15) is 22.8 Å². The van der Waals surface area contributed by atoms with Crippen molar-refractivity contribution >= 4 is 48.9 Å². The van der Waals surface area contributed by atoms with Crippen LogP contribution >= 0.6 is 27.3 Å². The summed E-state index contributed by atoms with van der Waals surface area (Å²) in [6, 6.07) is 5.77. The molecule has 30 heavy (non-hydrogen) atoms. The predicted molar refractivity (Wildman–Crippen MR) is 111 cm³/mol. The Morgan fingerprint density at radius 1 is 1.27 bits per heavy atom. The van der Waals surface area contributed by atoms with E-state index in [-0.39, 0.29) is 35.1 Å². The molecule has 1 saturated heterocycles. The Kier molecular flexibility index (Phi) is 6.49. The van der Waals surface area contributed by atoms with Crippen molar-refractivity contribution < 1.29 is 26.4 Å². The number of carbonyl (C=O) groups excluding carboxylic acids is 1. The number of hydrogen-bond donors (Lipinski definition) is 2. The third-order valence-corrected chi connectivity index (χ3v) is 8.82. The number of alkyl halides is 3. The fraction of sp³-hybridized carbons (Fsp3) is 0.353. The van der Waals surface area contributed by atoms with Crippen molar-refractivity contribution in [3.05, 3.63) is 45.2 Å². The molecule has 1 aromatic carbocycles. The number of hydrazine groups is 1. The van der Waals surface area contributed by atoms with Crippen molar-refractivity contribution in [1.82, 2.24) is 9.73 Å². The van der Waals surface area contributed by atoms with Gasteiger partial charge in [-0.25, -0.2) is 14.3 Å². The van der Waals surface area contributed by atoms with E-state index >= 15 is 0 Å².